The minimum atomic E-state index is -5.58. The molecule has 0 saturated carbocycles. The average Bonchev–Trinajstić information content (AvgIpc) is 2.44. The van der Waals surface area contributed by atoms with Gasteiger partial charge in [-0.25, -0.2) is 0 Å². The van der Waals surface area contributed by atoms with Crippen LogP contribution in [0.2, 0.25) is 0 Å². The first-order valence-electron chi connectivity index (χ1n) is 7.98. The van der Waals surface area contributed by atoms with Crippen molar-refractivity contribution in [3.8, 4) is 0 Å². The average molecular weight is 433 g/mol. The molecule has 26 heavy (non-hydrogen) atoms. The maximum Gasteiger partial charge on any atom is 1.00 e. The molecule has 0 aromatic carbocycles. The van der Waals surface area contributed by atoms with Crippen LogP contribution in [-0.4, -0.2) is 67.1 Å². The largest absolute Gasteiger partial charge is 1.00 e. The summed E-state index contributed by atoms with van der Waals surface area (Å²) < 4.78 is 22.1. The van der Waals surface area contributed by atoms with Crippen molar-refractivity contribution < 1.29 is 74.0 Å². The second-order valence-corrected chi connectivity index (χ2v) is 9.64. The van der Waals surface area contributed by atoms with Crippen LogP contribution in [0.4, 0.5) is 0 Å². The first-order chi connectivity index (χ1) is 10.9. The van der Waals surface area contributed by atoms with Crippen LogP contribution in [-0.2, 0) is 9.13 Å². The minimum absolute atomic E-state index is 0. The topological polar surface area (TPSA) is 193 Å². The van der Waals surface area contributed by atoms with E-state index in [0.717, 1.165) is 32.1 Å². The summed E-state index contributed by atoms with van der Waals surface area (Å²) in [7, 11) is -9.33. The van der Waals surface area contributed by atoms with Gasteiger partial charge in [0, 0.05) is 19.6 Å². The molecule has 2 unspecified atom stereocenters. The molecular formula is C13H34NNaO9P2. The molecule has 0 aromatic rings. The molecule has 0 spiro atoms. The minimum Gasteiger partial charge on any atom is -0.776 e. The summed E-state index contributed by atoms with van der Waals surface area (Å²) in [6, 6.07) is 0. The van der Waals surface area contributed by atoms with E-state index in [2.05, 4.69) is 6.92 Å². The van der Waals surface area contributed by atoms with Crippen LogP contribution in [0, 0.1) is 0 Å². The molecule has 13 heteroatoms. The summed E-state index contributed by atoms with van der Waals surface area (Å²) in [4.78, 5) is 39.3. The van der Waals surface area contributed by atoms with Crippen molar-refractivity contribution in [2.45, 2.75) is 57.5 Å². The van der Waals surface area contributed by atoms with Crippen molar-refractivity contribution >= 4 is 15.2 Å². The summed E-state index contributed by atoms with van der Waals surface area (Å²) in [6.45, 7) is 4.97. The van der Waals surface area contributed by atoms with Crippen molar-refractivity contribution in [1.82, 2.24) is 4.90 Å². The summed E-state index contributed by atoms with van der Waals surface area (Å²) in [6.07, 6.45) is 4.13. The number of aliphatic hydroxyl groups is 2. The smallest absolute Gasteiger partial charge is 0.776 e. The number of aliphatic hydroxyl groups excluding tert-OH is 1. The van der Waals surface area contributed by atoms with Gasteiger partial charge in [-0.2, -0.15) is 0 Å². The Morgan fingerprint density at radius 3 is 1.73 bits per heavy atom. The van der Waals surface area contributed by atoms with E-state index in [4.69, 9.17) is 19.8 Å². The van der Waals surface area contributed by atoms with Crippen molar-refractivity contribution in [3.05, 3.63) is 0 Å². The van der Waals surface area contributed by atoms with Crippen molar-refractivity contribution in [2.24, 2.45) is 0 Å². The van der Waals surface area contributed by atoms with E-state index in [1.54, 1.807) is 11.9 Å². The van der Waals surface area contributed by atoms with Gasteiger partial charge in [-0.1, -0.05) is 33.1 Å². The monoisotopic (exact) mass is 433 g/mol. The second kappa shape index (κ2) is 17.0. The molecule has 0 heterocycles. The van der Waals surface area contributed by atoms with Gasteiger partial charge in [0.2, 0.25) is 5.08 Å². The molecule has 0 aliphatic carbocycles. The van der Waals surface area contributed by atoms with Crippen molar-refractivity contribution in [2.75, 3.05) is 26.7 Å². The molecule has 0 saturated heterocycles. The van der Waals surface area contributed by atoms with Gasteiger partial charge in [0.25, 0.3) is 0 Å². The summed E-state index contributed by atoms with van der Waals surface area (Å²) >= 11 is 0. The third-order valence-electron chi connectivity index (χ3n) is 3.40. The number of hydrogen-bond donors (Lipinski definition) is 5. The van der Waals surface area contributed by atoms with Gasteiger partial charge in [-0.3, -0.25) is 4.57 Å². The van der Waals surface area contributed by atoms with Gasteiger partial charge in [-0.15, -0.1) is 0 Å². The summed E-state index contributed by atoms with van der Waals surface area (Å²) in [5.74, 6) is 0. The Morgan fingerprint density at radius 1 is 1.00 bits per heavy atom. The van der Waals surface area contributed by atoms with E-state index in [-0.39, 0.29) is 41.6 Å². The third kappa shape index (κ3) is 14.2. The van der Waals surface area contributed by atoms with Crippen molar-refractivity contribution in [3.63, 3.8) is 0 Å². The first kappa shape index (κ1) is 34.6. The predicted molar refractivity (Wildman–Crippen MR) is 94.1 cm³/mol. The zero-order valence-electron chi connectivity index (χ0n) is 16.2. The van der Waals surface area contributed by atoms with Gasteiger partial charge in [0.1, 0.15) is 0 Å². The Bertz CT molecular complexity index is 392. The fourth-order valence-electron chi connectivity index (χ4n) is 1.69. The fraction of sp³-hybridized carbons (Fsp3) is 1.00. The molecular weight excluding hydrogens is 399 g/mol. The molecule has 10 nitrogen and oxygen atoms in total. The molecule has 0 fully saturated rings. The van der Waals surface area contributed by atoms with Crippen LogP contribution < -0.4 is 34.5 Å². The molecule has 0 rings (SSSR count). The fourth-order valence-corrected chi connectivity index (χ4v) is 3.78. The van der Waals surface area contributed by atoms with E-state index in [9.17, 15) is 19.1 Å². The third-order valence-corrected chi connectivity index (χ3v) is 7.23. The molecule has 0 aliphatic heterocycles. The molecule has 0 amide bonds. The molecule has 0 radical (unpaired) electrons. The quantitative estimate of drug-likeness (QED) is 0.127. The van der Waals surface area contributed by atoms with Gasteiger partial charge in [0.05, 0.1) is 0 Å². The Morgan fingerprint density at radius 2 is 1.46 bits per heavy atom. The van der Waals surface area contributed by atoms with E-state index >= 15 is 0 Å². The van der Waals surface area contributed by atoms with E-state index in [0.29, 0.717) is 13.2 Å². The SMILES string of the molecule is CCCCCN(C)CCC(O)(P(=O)([O-])O)P(=O)(O)O.CCCCO.O.[Na+]. The van der Waals surface area contributed by atoms with Crippen LogP contribution in [0.1, 0.15) is 52.4 Å². The zero-order chi connectivity index (χ0) is 19.4. The zero-order valence-corrected chi connectivity index (χ0v) is 20.0. The number of nitrogens with zero attached hydrogens (tertiary/aromatic N) is 1. The normalized spacial score (nSPS) is 15.6. The molecule has 7 N–H and O–H groups in total. The van der Waals surface area contributed by atoms with Gasteiger partial charge >= 0.3 is 37.2 Å². The maximum absolute atomic E-state index is 11.1. The Labute approximate surface area is 177 Å². The number of hydrogen-bond acceptors (Lipinski definition) is 6. The standard InChI is InChI=1S/C9H23NO7P2.C4H10O.Na.H2O/c1-3-4-5-7-10(2)8-6-9(11,18(12,13)14)19(15,16)17;1-2-3-4-5;;/h11H,3-8H2,1-2H3,(H2,12,13,14)(H2,15,16,17);5H,2-4H2,1H3;;1H2/q;;+1;/p-1. The Balaban J connectivity index is -0.000000304. The molecule has 156 valence electrons. The van der Waals surface area contributed by atoms with Gasteiger partial charge < -0.3 is 44.7 Å². The molecule has 0 aromatic heterocycles. The van der Waals surface area contributed by atoms with Crippen LogP contribution >= 0.6 is 15.2 Å². The molecule has 0 aliphatic rings. The molecule has 0 bridgehead atoms. The van der Waals surface area contributed by atoms with E-state index in [1.807, 2.05) is 6.92 Å². The van der Waals surface area contributed by atoms with Crippen LogP contribution in [0.3, 0.4) is 0 Å². The predicted octanol–water partition coefficient (Wildman–Crippen LogP) is -3.17. The molecule has 2 atom stereocenters. The van der Waals surface area contributed by atoms with Crippen LogP contribution in [0.25, 0.3) is 0 Å². The second-order valence-electron chi connectivity index (χ2n) is 5.68. The number of unbranched alkanes of at least 4 members (excludes halogenated alkanes) is 3. The maximum atomic E-state index is 11.1. The van der Waals surface area contributed by atoms with Crippen LogP contribution in [0.5, 0.6) is 0 Å². The summed E-state index contributed by atoms with van der Waals surface area (Å²) in [5.41, 5.74) is 0. The Kier molecular flexibility index (Phi) is 22.7. The van der Waals surface area contributed by atoms with Crippen LogP contribution in [0.15, 0.2) is 0 Å². The summed E-state index contributed by atoms with van der Waals surface area (Å²) in [5, 5.41) is 14.2. The number of rotatable bonds is 11. The Hall–Kier alpha value is 1.14. The van der Waals surface area contributed by atoms with Crippen molar-refractivity contribution in [1.29, 1.82) is 0 Å². The first-order valence-corrected chi connectivity index (χ1v) is 11.2. The van der Waals surface area contributed by atoms with E-state index < -0.39 is 26.7 Å². The van der Waals surface area contributed by atoms with Gasteiger partial charge in [-0.05, 0) is 26.4 Å². The van der Waals surface area contributed by atoms with E-state index in [1.165, 1.54) is 0 Å². The van der Waals surface area contributed by atoms with Gasteiger partial charge in [0.15, 0.2) is 7.60 Å².